The molecule has 0 unspecified atom stereocenters. The summed E-state index contributed by atoms with van der Waals surface area (Å²) in [5, 5.41) is 0.761. The number of H-pyrrole nitrogens is 1. The van der Waals surface area contributed by atoms with Crippen LogP contribution in [0, 0.1) is 0 Å². The number of fused-ring (bicyclic) bond motifs is 1. The van der Waals surface area contributed by atoms with Gasteiger partial charge in [0.15, 0.2) is 0 Å². The second-order valence-corrected chi connectivity index (χ2v) is 2.91. The molecule has 1 aromatic carbocycles. The molecule has 14 heavy (non-hydrogen) atoms. The molecule has 0 saturated heterocycles. The second-order valence-electron chi connectivity index (χ2n) is 2.91. The van der Waals surface area contributed by atoms with Crippen molar-refractivity contribution in [3.8, 4) is 0 Å². The molecule has 0 amide bonds. The van der Waals surface area contributed by atoms with E-state index in [1.54, 1.807) is 24.4 Å². The normalized spacial score (nSPS) is 11.1. The standard InChI is InChI=1S/C10H7F2NO/c11-10(12)9(14)7-3-1-2-6-4-5-13-8(6)7/h1-5,10,13H. The number of hydrogen-bond acceptors (Lipinski definition) is 1. The molecule has 72 valence electrons. The number of carbonyl (C=O) groups excluding carboxylic acids is 1. The average molecular weight is 195 g/mol. The SMILES string of the molecule is O=C(c1cccc2cc[nH]c12)C(F)F. The zero-order chi connectivity index (χ0) is 10.1. The number of rotatable bonds is 2. The van der Waals surface area contributed by atoms with Crippen LogP contribution in [0.4, 0.5) is 8.78 Å². The third kappa shape index (κ3) is 1.28. The summed E-state index contributed by atoms with van der Waals surface area (Å²) in [5.74, 6) is -1.14. The van der Waals surface area contributed by atoms with Gasteiger partial charge in [-0.25, -0.2) is 8.78 Å². The van der Waals surface area contributed by atoms with Crippen LogP contribution in [0.1, 0.15) is 10.4 Å². The molecule has 2 aromatic rings. The Kier molecular flexibility index (Phi) is 2.04. The number of aromatic amines is 1. The maximum Gasteiger partial charge on any atom is 0.300 e. The Morgan fingerprint density at radius 3 is 2.79 bits per heavy atom. The third-order valence-electron chi connectivity index (χ3n) is 2.05. The van der Waals surface area contributed by atoms with Gasteiger partial charge in [-0.3, -0.25) is 4.79 Å². The highest BCUT2D eigenvalue weighted by molar-refractivity contribution is 6.08. The highest BCUT2D eigenvalue weighted by Gasteiger charge is 2.19. The molecule has 0 saturated carbocycles. The number of carbonyl (C=O) groups is 1. The number of ketones is 1. The molecule has 0 aliphatic heterocycles. The van der Waals surface area contributed by atoms with E-state index in [-0.39, 0.29) is 5.56 Å². The molecule has 0 radical (unpaired) electrons. The van der Waals surface area contributed by atoms with Gasteiger partial charge < -0.3 is 4.98 Å². The van der Waals surface area contributed by atoms with Crippen LogP contribution in [0.5, 0.6) is 0 Å². The fourth-order valence-corrected chi connectivity index (χ4v) is 1.41. The van der Waals surface area contributed by atoms with Crippen molar-refractivity contribution in [2.24, 2.45) is 0 Å². The van der Waals surface area contributed by atoms with Crippen molar-refractivity contribution in [1.82, 2.24) is 4.98 Å². The number of aromatic nitrogens is 1. The zero-order valence-corrected chi connectivity index (χ0v) is 7.13. The summed E-state index contributed by atoms with van der Waals surface area (Å²) in [7, 11) is 0. The van der Waals surface area contributed by atoms with Crippen LogP contribution in [0.2, 0.25) is 0 Å². The minimum absolute atomic E-state index is 0.0440. The van der Waals surface area contributed by atoms with Gasteiger partial charge in [-0.05, 0) is 12.1 Å². The molecule has 0 fully saturated rings. The summed E-state index contributed by atoms with van der Waals surface area (Å²) in [6.45, 7) is 0. The van der Waals surface area contributed by atoms with E-state index in [1.807, 2.05) is 0 Å². The van der Waals surface area contributed by atoms with Gasteiger partial charge in [-0.2, -0.15) is 0 Å². The van der Waals surface area contributed by atoms with Gasteiger partial charge in [0.05, 0.1) is 5.52 Å². The number of Topliss-reactive ketones (excluding diaryl/α,β-unsaturated/α-hetero) is 1. The van der Waals surface area contributed by atoms with Crippen molar-refractivity contribution in [3.05, 3.63) is 36.0 Å². The Bertz CT molecular complexity index is 476. The van der Waals surface area contributed by atoms with Crippen molar-refractivity contribution < 1.29 is 13.6 Å². The number of para-hydroxylation sites is 1. The molecule has 1 aromatic heterocycles. The molecule has 0 atom stereocenters. The van der Waals surface area contributed by atoms with E-state index in [0.717, 1.165) is 5.39 Å². The molecular formula is C10H7F2NO. The predicted molar refractivity (Wildman–Crippen MR) is 48.6 cm³/mol. The third-order valence-corrected chi connectivity index (χ3v) is 2.05. The minimum Gasteiger partial charge on any atom is -0.361 e. The summed E-state index contributed by atoms with van der Waals surface area (Å²) in [4.78, 5) is 13.9. The minimum atomic E-state index is -2.95. The lowest BCUT2D eigenvalue weighted by atomic mass is 10.1. The van der Waals surface area contributed by atoms with Crippen LogP contribution in [0.15, 0.2) is 30.5 Å². The molecule has 0 bridgehead atoms. The Balaban J connectivity index is 2.62. The van der Waals surface area contributed by atoms with Crippen LogP contribution in [0.3, 0.4) is 0 Å². The van der Waals surface area contributed by atoms with Crippen molar-refractivity contribution in [2.45, 2.75) is 6.43 Å². The maximum atomic E-state index is 12.2. The van der Waals surface area contributed by atoms with Crippen molar-refractivity contribution in [2.75, 3.05) is 0 Å². The van der Waals surface area contributed by atoms with Gasteiger partial charge in [0, 0.05) is 17.1 Å². The molecule has 1 N–H and O–H groups in total. The highest BCUT2D eigenvalue weighted by atomic mass is 19.3. The number of halogens is 2. The molecule has 0 spiro atoms. The van der Waals surface area contributed by atoms with Gasteiger partial charge in [0.2, 0.25) is 5.78 Å². The van der Waals surface area contributed by atoms with Crippen LogP contribution < -0.4 is 0 Å². The number of hydrogen-bond donors (Lipinski definition) is 1. The first-order chi connectivity index (χ1) is 6.70. The first-order valence-electron chi connectivity index (χ1n) is 4.08. The highest BCUT2D eigenvalue weighted by Crippen LogP contribution is 2.19. The van der Waals surface area contributed by atoms with Crippen molar-refractivity contribution >= 4 is 16.7 Å². The van der Waals surface area contributed by atoms with Crippen LogP contribution in [-0.4, -0.2) is 17.2 Å². The number of alkyl halides is 2. The van der Waals surface area contributed by atoms with Gasteiger partial charge in [-0.1, -0.05) is 12.1 Å². The lowest BCUT2D eigenvalue weighted by molar-refractivity contribution is 0.0680. The Morgan fingerprint density at radius 1 is 1.29 bits per heavy atom. The smallest absolute Gasteiger partial charge is 0.300 e. The predicted octanol–water partition coefficient (Wildman–Crippen LogP) is 2.62. The summed E-state index contributed by atoms with van der Waals surface area (Å²) in [5.41, 5.74) is 0.514. The van der Waals surface area contributed by atoms with Gasteiger partial charge in [0.25, 0.3) is 0 Å². The first kappa shape index (κ1) is 8.87. The van der Waals surface area contributed by atoms with E-state index in [4.69, 9.17) is 0 Å². The lowest BCUT2D eigenvalue weighted by Gasteiger charge is -2.00. The van der Waals surface area contributed by atoms with Crippen LogP contribution >= 0.6 is 0 Å². The van der Waals surface area contributed by atoms with Crippen LogP contribution in [-0.2, 0) is 0 Å². The second kappa shape index (κ2) is 3.21. The summed E-state index contributed by atoms with van der Waals surface area (Å²) >= 11 is 0. The van der Waals surface area contributed by atoms with E-state index in [0.29, 0.717) is 5.52 Å². The van der Waals surface area contributed by atoms with Crippen LogP contribution in [0.25, 0.3) is 10.9 Å². The largest absolute Gasteiger partial charge is 0.361 e. The fraction of sp³-hybridized carbons (Fsp3) is 0.100. The monoisotopic (exact) mass is 195 g/mol. The maximum absolute atomic E-state index is 12.2. The number of nitrogens with one attached hydrogen (secondary N) is 1. The molecule has 0 aliphatic carbocycles. The Morgan fingerprint density at radius 2 is 2.07 bits per heavy atom. The average Bonchev–Trinajstić information content (AvgIpc) is 2.63. The van der Waals surface area contributed by atoms with Crippen molar-refractivity contribution in [3.63, 3.8) is 0 Å². The molecular weight excluding hydrogens is 188 g/mol. The first-order valence-corrected chi connectivity index (χ1v) is 4.08. The zero-order valence-electron chi connectivity index (χ0n) is 7.13. The van der Waals surface area contributed by atoms with Gasteiger partial charge >= 0.3 is 6.43 Å². The molecule has 2 rings (SSSR count). The van der Waals surface area contributed by atoms with Gasteiger partial charge in [-0.15, -0.1) is 0 Å². The molecule has 1 heterocycles. The van der Waals surface area contributed by atoms with E-state index in [9.17, 15) is 13.6 Å². The fourth-order valence-electron chi connectivity index (χ4n) is 1.41. The van der Waals surface area contributed by atoms with E-state index in [1.165, 1.54) is 6.07 Å². The Labute approximate surface area is 78.5 Å². The Hall–Kier alpha value is -1.71. The summed E-state index contributed by atoms with van der Waals surface area (Å²) in [6, 6.07) is 6.48. The van der Waals surface area contributed by atoms with E-state index < -0.39 is 12.2 Å². The quantitative estimate of drug-likeness (QED) is 0.734. The molecule has 0 aliphatic rings. The molecule has 4 heteroatoms. The van der Waals surface area contributed by atoms with E-state index in [2.05, 4.69) is 4.98 Å². The molecule has 2 nitrogen and oxygen atoms in total. The lowest BCUT2D eigenvalue weighted by Crippen LogP contribution is -2.10. The summed E-state index contributed by atoms with van der Waals surface area (Å²) < 4.78 is 24.4. The summed E-state index contributed by atoms with van der Waals surface area (Å²) in [6.07, 6.45) is -1.34. The topological polar surface area (TPSA) is 32.9 Å². The van der Waals surface area contributed by atoms with E-state index >= 15 is 0 Å². The van der Waals surface area contributed by atoms with Gasteiger partial charge in [0.1, 0.15) is 0 Å². The van der Waals surface area contributed by atoms with Crippen molar-refractivity contribution in [1.29, 1.82) is 0 Å². The number of benzene rings is 1.